The van der Waals surface area contributed by atoms with E-state index >= 15 is 0 Å². The number of halogens is 1. The fraction of sp³-hybridized carbons (Fsp3) is 0.278. The van der Waals surface area contributed by atoms with Crippen molar-refractivity contribution in [2.45, 2.75) is 31.9 Å². The number of anilines is 1. The first kappa shape index (κ1) is 15.3. The lowest BCUT2D eigenvalue weighted by atomic mass is 9.89. The standard InChI is InChI=1S/C18H19FN2O2/c1-18(2)10-15(14-9-13(20)7-8-16(14)23-18)21-17(22)11-3-5-12(19)6-4-11/h3-9,15H,10,20H2,1-2H3,(H,21,22). The lowest BCUT2D eigenvalue weighted by Crippen LogP contribution is -2.41. The molecule has 1 aliphatic rings. The maximum atomic E-state index is 13.0. The second kappa shape index (κ2) is 5.57. The molecule has 2 aromatic carbocycles. The zero-order chi connectivity index (χ0) is 16.6. The minimum Gasteiger partial charge on any atom is -0.487 e. The van der Waals surface area contributed by atoms with Crippen LogP contribution in [0.15, 0.2) is 42.5 Å². The highest BCUT2D eigenvalue weighted by Crippen LogP contribution is 2.40. The van der Waals surface area contributed by atoms with Crippen LogP contribution in [0.1, 0.15) is 42.2 Å². The van der Waals surface area contributed by atoms with E-state index < -0.39 is 5.60 Å². The summed E-state index contributed by atoms with van der Waals surface area (Å²) in [6.45, 7) is 3.95. The van der Waals surface area contributed by atoms with E-state index in [1.807, 2.05) is 26.0 Å². The van der Waals surface area contributed by atoms with Gasteiger partial charge in [0.05, 0.1) is 6.04 Å². The van der Waals surface area contributed by atoms with E-state index in [9.17, 15) is 9.18 Å². The number of hydrogen-bond donors (Lipinski definition) is 2. The molecular formula is C18H19FN2O2. The predicted octanol–water partition coefficient (Wildman–Crippen LogP) is 3.44. The number of nitrogens with two attached hydrogens (primary N) is 1. The van der Waals surface area contributed by atoms with Crippen molar-refractivity contribution in [3.8, 4) is 5.75 Å². The van der Waals surface area contributed by atoms with Crippen molar-refractivity contribution < 1.29 is 13.9 Å². The third kappa shape index (κ3) is 3.28. The van der Waals surface area contributed by atoms with E-state index in [-0.39, 0.29) is 17.8 Å². The van der Waals surface area contributed by atoms with E-state index in [1.54, 1.807) is 6.07 Å². The number of carbonyl (C=O) groups excluding carboxylic acids is 1. The maximum absolute atomic E-state index is 13.0. The molecule has 2 aromatic rings. The summed E-state index contributed by atoms with van der Waals surface area (Å²) >= 11 is 0. The van der Waals surface area contributed by atoms with E-state index in [0.717, 1.165) is 11.3 Å². The van der Waals surface area contributed by atoms with Crippen molar-refractivity contribution in [1.29, 1.82) is 0 Å². The average Bonchev–Trinajstić information content (AvgIpc) is 2.48. The molecule has 0 radical (unpaired) electrons. The molecule has 3 N–H and O–H groups in total. The molecule has 3 rings (SSSR count). The van der Waals surface area contributed by atoms with Crippen molar-refractivity contribution in [2.75, 3.05) is 5.73 Å². The van der Waals surface area contributed by atoms with Gasteiger partial charge in [0.15, 0.2) is 0 Å². The van der Waals surface area contributed by atoms with Gasteiger partial charge in [0.2, 0.25) is 0 Å². The topological polar surface area (TPSA) is 64.4 Å². The third-order valence-corrected chi connectivity index (χ3v) is 3.90. The van der Waals surface area contributed by atoms with Gasteiger partial charge in [0.1, 0.15) is 17.2 Å². The number of fused-ring (bicyclic) bond motifs is 1. The zero-order valence-electron chi connectivity index (χ0n) is 13.1. The van der Waals surface area contributed by atoms with E-state index in [4.69, 9.17) is 10.5 Å². The van der Waals surface area contributed by atoms with Gasteiger partial charge in [-0.25, -0.2) is 4.39 Å². The van der Waals surface area contributed by atoms with Gasteiger partial charge in [0, 0.05) is 23.2 Å². The molecule has 0 bridgehead atoms. The molecule has 4 nitrogen and oxygen atoms in total. The number of rotatable bonds is 2. The Labute approximate surface area is 134 Å². The molecule has 0 saturated heterocycles. The largest absolute Gasteiger partial charge is 0.487 e. The number of carbonyl (C=O) groups is 1. The van der Waals surface area contributed by atoms with Gasteiger partial charge in [-0.15, -0.1) is 0 Å². The minimum absolute atomic E-state index is 0.213. The Kier molecular flexibility index (Phi) is 3.72. The summed E-state index contributed by atoms with van der Waals surface area (Å²) in [6.07, 6.45) is 0.621. The van der Waals surface area contributed by atoms with Crippen LogP contribution in [0, 0.1) is 5.82 Å². The normalized spacial score (nSPS) is 18.7. The molecule has 1 atom stereocenters. The van der Waals surface area contributed by atoms with Crippen LogP contribution in [0.3, 0.4) is 0 Å². The van der Waals surface area contributed by atoms with Gasteiger partial charge in [0.25, 0.3) is 5.91 Å². The van der Waals surface area contributed by atoms with Crippen LogP contribution in [0.25, 0.3) is 0 Å². The van der Waals surface area contributed by atoms with Crippen LogP contribution >= 0.6 is 0 Å². The van der Waals surface area contributed by atoms with Gasteiger partial charge in [-0.05, 0) is 56.3 Å². The number of nitrogens with one attached hydrogen (secondary N) is 1. The van der Waals surface area contributed by atoms with Crippen molar-refractivity contribution in [3.63, 3.8) is 0 Å². The molecule has 0 aliphatic carbocycles. The summed E-state index contributed by atoms with van der Waals surface area (Å²) < 4.78 is 18.9. The van der Waals surface area contributed by atoms with Gasteiger partial charge >= 0.3 is 0 Å². The van der Waals surface area contributed by atoms with Crippen molar-refractivity contribution >= 4 is 11.6 Å². The molecule has 0 aromatic heterocycles. The lowest BCUT2D eigenvalue weighted by Gasteiger charge is -2.38. The first-order valence-electron chi connectivity index (χ1n) is 7.49. The summed E-state index contributed by atoms with van der Waals surface area (Å²) in [4.78, 5) is 12.4. The summed E-state index contributed by atoms with van der Waals surface area (Å²) in [5, 5.41) is 3.00. The average molecular weight is 314 g/mol. The van der Waals surface area contributed by atoms with Crippen molar-refractivity contribution in [3.05, 3.63) is 59.4 Å². The first-order valence-corrected chi connectivity index (χ1v) is 7.49. The zero-order valence-corrected chi connectivity index (χ0v) is 13.1. The third-order valence-electron chi connectivity index (χ3n) is 3.90. The highest BCUT2D eigenvalue weighted by molar-refractivity contribution is 5.94. The fourth-order valence-corrected chi connectivity index (χ4v) is 2.84. The molecule has 1 amide bonds. The number of nitrogen functional groups attached to an aromatic ring is 1. The number of ether oxygens (including phenoxy) is 1. The van der Waals surface area contributed by atoms with Gasteiger partial charge in [-0.1, -0.05) is 0 Å². The highest BCUT2D eigenvalue weighted by Gasteiger charge is 2.34. The maximum Gasteiger partial charge on any atom is 0.251 e. The molecule has 1 unspecified atom stereocenters. The molecule has 120 valence electrons. The van der Waals surface area contributed by atoms with Crippen molar-refractivity contribution in [2.24, 2.45) is 0 Å². The molecule has 0 spiro atoms. The molecule has 1 heterocycles. The number of benzene rings is 2. The smallest absolute Gasteiger partial charge is 0.251 e. The molecule has 0 fully saturated rings. The Morgan fingerprint density at radius 3 is 2.65 bits per heavy atom. The Morgan fingerprint density at radius 1 is 1.26 bits per heavy atom. The first-order chi connectivity index (χ1) is 10.8. The van der Waals surface area contributed by atoms with Crippen LogP contribution in [-0.4, -0.2) is 11.5 Å². The van der Waals surface area contributed by atoms with E-state index in [2.05, 4.69) is 5.32 Å². The quantitative estimate of drug-likeness (QED) is 0.835. The minimum atomic E-state index is -0.399. The predicted molar refractivity (Wildman–Crippen MR) is 86.8 cm³/mol. The fourth-order valence-electron chi connectivity index (χ4n) is 2.84. The number of amides is 1. The lowest BCUT2D eigenvalue weighted by molar-refractivity contribution is 0.0620. The van der Waals surface area contributed by atoms with Crippen LogP contribution in [0.2, 0.25) is 0 Å². The van der Waals surface area contributed by atoms with Gasteiger partial charge in [-0.3, -0.25) is 4.79 Å². The molecule has 5 heteroatoms. The SMILES string of the molecule is CC1(C)CC(NC(=O)c2ccc(F)cc2)c2cc(N)ccc2O1. The van der Waals surface area contributed by atoms with E-state index in [1.165, 1.54) is 24.3 Å². The molecule has 23 heavy (non-hydrogen) atoms. The summed E-state index contributed by atoms with van der Waals surface area (Å²) in [6, 6.07) is 10.7. The Morgan fingerprint density at radius 2 is 1.96 bits per heavy atom. The van der Waals surface area contributed by atoms with Gasteiger partial charge < -0.3 is 15.8 Å². The van der Waals surface area contributed by atoms with Crippen LogP contribution in [-0.2, 0) is 0 Å². The second-order valence-corrected chi connectivity index (χ2v) is 6.40. The summed E-state index contributed by atoms with van der Waals surface area (Å²) in [5.41, 5.74) is 7.36. The van der Waals surface area contributed by atoms with Crippen LogP contribution in [0.4, 0.5) is 10.1 Å². The second-order valence-electron chi connectivity index (χ2n) is 6.40. The monoisotopic (exact) mass is 314 g/mol. The molecule has 0 saturated carbocycles. The van der Waals surface area contributed by atoms with Gasteiger partial charge in [-0.2, -0.15) is 0 Å². The Bertz CT molecular complexity index is 741. The number of hydrogen-bond acceptors (Lipinski definition) is 3. The van der Waals surface area contributed by atoms with Crippen LogP contribution in [0.5, 0.6) is 5.75 Å². The van der Waals surface area contributed by atoms with Crippen LogP contribution < -0.4 is 15.8 Å². The molecular weight excluding hydrogens is 295 g/mol. The molecule has 1 aliphatic heterocycles. The highest BCUT2D eigenvalue weighted by atomic mass is 19.1. The summed E-state index contributed by atoms with van der Waals surface area (Å²) in [5.74, 6) is 0.104. The van der Waals surface area contributed by atoms with Crippen molar-refractivity contribution in [1.82, 2.24) is 5.32 Å². The van der Waals surface area contributed by atoms with E-state index in [0.29, 0.717) is 17.7 Å². The Balaban J connectivity index is 1.88. The summed E-state index contributed by atoms with van der Waals surface area (Å²) in [7, 11) is 0. The Hall–Kier alpha value is -2.56.